The van der Waals surface area contributed by atoms with Crippen LogP contribution in [0.15, 0.2) is 18.2 Å². The zero-order valence-electron chi connectivity index (χ0n) is 9.61. The van der Waals surface area contributed by atoms with Crippen molar-refractivity contribution in [3.05, 3.63) is 28.8 Å². The molecule has 0 bridgehead atoms. The van der Waals surface area contributed by atoms with Crippen molar-refractivity contribution in [2.45, 2.75) is 18.1 Å². The van der Waals surface area contributed by atoms with Crippen LogP contribution in [-0.2, 0) is 10.0 Å². The fourth-order valence-electron chi connectivity index (χ4n) is 1.47. The number of nitrogens with two attached hydrogens (primary N) is 1. The maximum atomic E-state index is 11.9. The second-order valence-electron chi connectivity index (χ2n) is 4.04. The molecule has 1 saturated carbocycles. The summed E-state index contributed by atoms with van der Waals surface area (Å²) in [6, 6.07) is 4.86. The van der Waals surface area contributed by atoms with Crippen molar-refractivity contribution in [2.75, 3.05) is 11.3 Å². The van der Waals surface area contributed by atoms with E-state index in [2.05, 4.69) is 16.6 Å². The van der Waals surface area contributed by atoms with Crippen LogP contribution in [0, 0.1) is 11.8 Å². The highest BCUT2D eigenvalue weighted by Gasteiger charge is 2.35. The minimum atomic E-state index is -3.29. The van der Waals surface area contributed by atoms with Gasteiger partial charge in [-0.3, -0.25) is 4.72 Å². The Morgan fingerprint density at radius 1 is 1.44 bits per heavy atom. The molecule has 0 unspecified atom stereocenters. The maximum absolute atomic E-state index is 11.9. The third-order valence-corrected chi connectivity index (χ3v) is 4.61. The summed E-state index contributed by atoms with van der Waals surface area (Å²) in [5, 5.41) is 0.231. The Hall–Kier alpha value is -1.22. The van der Waals surface area contributed by atoms with Crippen molar-refractivity contribution in [1.82, 2.24) is 0 Å². The number of hydrogen-bond donors (Lipinski definition) is 2. The average molecular weight is 285 g/mol. The van der Waals surface area contributed by atoms with Gasteiger partial charge < -0.3 is 5.73 Å². The molecule has 1 aromatic rings. The Bertz CT molecular complexity index is 613. The van der Waals surface area contributed by atoms with E-state index in [4.69, 9.17) is 17.3 Å². The first-order chi connectivity index (χ1) is 8.53. The standard InChI is InChI=1S/C12H13ClN2O2S/c13-10-3-6-12(9(8-10)2-1-7-14)15-18(16,17)11-4-5-11/h3,6,8,11,15H,4-5,7,14H2. The fourth-order valence-corrected chi connectivity index (χ4v) is 3.05. The van der Waals surface area contributed by atoms with Crippen LogP contribution in [0.2, 0.25) is 5.02 Å². The molecule has 1 fully saturated rings. The molecule has 0 amide bonds. The molecule has 18 heavy (non-hydrogen) atoms. The maximum Gasteiger partial charge on any atom is 0.235 e. The highest BCUT2D eigenvalue weighted by molar-refractivity contribution is 7.93. The van der Waals surface area contributed by atoms with Crippen molar-refractivity contribution in [3.63, 3.8) is 0 Å². The van der Waals surface area contributed by atoms with Gasteiger partial charge in [-0.25, -0.2) is 8.42 Å². The molecule has 1 aliphatic carbocycles. The van der Waals surface area contributed by atoms with Gasteiger partial charge in [-0.05, 0) is 31.0 Å². The Morgan fingerprint density at radius 2 is 2.17 bits per heavy atom. The molecule has 0 radical (unpaired) electrons. The zero-order chi connectivity index (χ0) is 13.2. The number of halogens is 1. The third kappa shape index (κ3) is 3.16. The summed E-state index contributed by atoms with van der Waals surface area (Å²) in [6.07, 6.45) is 1.43. The van der Waals surface area contributed by atoms with Crippen LogP contribution in [0.3, 0.4) is 0 Å². The molecule has 3 N–H and O–H groups in total. The lowest BCUT2D eigenvalue weighted by molar-refractivity contribution is 0.600. The molecule has 2 rings (SSSR count). The van der Waals surface area contributed by atoms with Crippen molar-refractivity contribution < 1.29 is 8.42 Å². The van der Waals surface area contributed by atoms with Gasteiger partial charge in [0, 0.05) is 5.02 Å². The summed E-state index contributed by atoms with van der Waals surface area (Å²) in [5.74, 6) is 5.50. The highest BCUT2D eigenvalue weighted by Crippen LogP contribution is 2.31. The van der Waals surface area contributed by atoms with Crippen LogP contribution in [0.5, 0.6) is 0 Å². The number of hydrogen-bond acceptors (Lipinski definition) is 3. The zero-order valence-corrected chi connectivity index (χ0v) is 11.2. The van der Waals surface area contributed by atoms with E-state index < -0.39 is 10.0 Å². The molecular formula is C12H13ClN2O2S. The van der Waals surface area contributed by atoms with Gasteiger partial charge in [0.25, 0.3) is 0 Å². The van der Waals surface area contributed by atoms with E-state index in [1.807, 2.05) is 0 Å². The van der Waals surface area contributed by atoms with Crippen LogP contribution >= 0.6 is 11.6 Å². The molecular weight excluding hydrogens is 272 g/mol. The topological polar surface area (TPSA) is 72.2 Å². The Morgan fingerprint density at radius 3 is 2.78 bits per heavy atom. The summed E-state index contributed by atoms with van der Waals surface area (Å²) < 4.78 is 26.3. The third-order valence-electron chi connectivity index (χ3n) is 2.52. The molecule has 96 valence electrons. The number of benzene rings is 1. The largest absolute Gasteiger partial charge is 0.320 e. The minimum Gasteiger partial charge on any atom is -0.320 e. The molecule has 0 heterocycles. The summed E-state index contributed by atoms with van der Waals surface area (Å²) in [4.78, 5) is 0. The van der Waals surface area contributed by atoms with E-state index in [1.165, 1.54) is 0 Å². The van der Waals surface area contributed by atoms with Crippen molar-refractivity contribution in [1.29, 1.82) is 0 Å². The lowest BCUT2D eigenvalue weighted by Gasteiger charge is -2.09. The fraction of sp³-hybridized carbons (Fsp3) is 0.333. The number of nitrogens with one attached hydrogen (secondary N) is 1. The summed E-state index contributed by atoms with van der Waals surface area (Å²) >= 11 is 5.87. The normalized spacial score (nSPS) is 14.8. The first-order valence-electron chi connectivity index (χ1n) is 5.53. The number of anilines is 1. The quantitative estimate of drug-likeness (QED) is 0.827. The summed E-state index contributed by atoms with van der Waals surface area (Å²) in [5.41, 5.74) is 6.29. The Labute approximate surface area is 112 Å². The average Bonchev–Trinajstić information content (AvgIpc) is 3.13. The van der Waals surface area contributed by atoms with E-state index in [-0.39, 0.29) is 11.8 Å². The summed E-state index contributed by atoms with van der Waals surface area (Å²) in [6.45, 7) is 0.210. The van der Waals surface area contributed by atoms with Crippen molar-refractivity contribution >= 4 is 27.3 Å². The van der Waals surface area contributed by atoms with E-state index in [0.29, 0.717) is 29.1 Å². The molecule has 0 aromatic heterocycles. The molecule has 1 aliphatic rings. The minimum absolute atomic E-state index is 0.210. The van der Waals surface area contributed by atoms with Gasteiger partial charge in [0.15, 0.2) is 0 Å². The van der Waals surface area contributed by atoms with Crippen molar-refractivity contribution in [3.8, 4) is 11.8 Å². The van der Waals surface area contributed by atoms with E-state index >= 15 is 0 Å². The van der Waals surface area contributed by atoms with E-state index in [9.17, 15) is 8.42 Å². The van der Waals surface area contributed by atoms with Crippen LogP contribution in [0.4, 0.5) is 5.69 Å². The van der Waals surface area contributed by atoms with Crippen molar-refractivity contribution in [2.24, 2.45) is 5.73 Å². The SMILES string of the molecule is NCC#Cc1cc(Cl)ccc1NS(=O)(=O)C1CC1. The van der Waals surface area contributed by atoms with Gasteiger partial charge in [0.1, 0.15) is 0 Å². The molecule has 6 heteroatoms. The predicted molar refractivity (Wildman–Crippen MR) is 72.9 cm³/mol. The molecule has 0 aliphatic heterocycles. The number of sulfonamides is 1. The van der Waals surface area contributed by atoms with Gasteiger partial charge in [0.2, 0.25) is 10.0 Å². The van der Waals surface area contributed by atoms with Crippen LogP contribution < -0.4 is 10.5 Å². The molecule has 4 nitrogen and oxygen atoms in total. The monoisotopic (exact) mass is 284 g/mol. The van der Waals surface area contributed by atoms with Gasteiger partial charge in [0.05, 0.1) is 23.0 Å². The smallest absolute Gasteiger partial charge is 0.235 e. The number of rotatable bonds is 3. The second kappa shape index (κ2) is 5.19. The highest BCUT2D eigenvalue weighted by atomic mass is 35.5. The molecule has 0 saturated heterocycles. The van der Waals surface area contributed by atoms with Gasteiger partial charge in [-0.2, -0.15) is 0 Å². The first kappa shape index (κ1) is 13.2. The van der Waals surface area contributed by atoms with E-state index in [1.54, 1.807) is 18.2 Å². The molecule has 0 atom stereocenters. The van der Waals surface area contributed by atoms with Gasteiger partial charge >= 0.3 is 0 Å². The second-order valence-corrected chi connectivity index (χ2v) is 6.44. The van der Waals surface area contributed by atoms with Gasteiger partial charge in [-0.15, -0.1) is 0 Å². The van der Waals surface area contributed by atoms with E-state index in [0.717, 1.165) is 0 Å². The van der Waals surface area contributed by atoms with Crippen LogP contribution in [0.1, 0.15) is 18.4 Å². The lowest BCUT2D eigenvalue weighted by atomic mass is 10.2. The summed E-state index contributed by atoms with van der Waals surface area (Å²) in [7, 11) is -3.29. The van der Waals surface area contributed by atoms with Crippen LogP contribution in [-0.4, -0.2) is 20.2 Å². The lowest BCUT2D eigenvalue weighted by Crippen LogP contribution is -2.18. The predicted octanol–water partition coefficient (Wildman–Crippen LogP) is 1.55. The molecule has 0 spiro atoms. The first-order valence-corrected chi connectivity index (χ1v) is 7.45. The van der Waals surface area contributed by atoms with Crippen LogP contribution in [0.25, 0.3) is 0 Å². The Balaban J connectivity index is 2.32. The van der Waals surface area contributed by atoms with Gasteiger partial charge in [-0.1, -0.05) is 23.4 Å². The molecule has 1 aromatic carbocycles. The Kier molecular flexibility index (Phi) is 3.81.